The smallest absolute Gasteiger partial charge is 0.167 e. The lowest BCUT2D eigenvalue weighted by atomic mass is 10.1. The van der Waals surface area contributed by atoms with E-state index in [4.69, 9.17) is 9.47 Å². The molecule has 4 unspecified atom stereocenters. The van der Waals surface area contributed by atoms with E-state index in [9.17, 15) is 30.6 Å². The number of imidazole rings is 2. The molecule has 274 valence electrons. The van der Waals surface area contributed by atoms with E-state index in [1.165, 1.54) is 73.0 Å². The van der Waals surface area contributed by atoms with Crippen LogP contribution in [0.1, 0.15) is 83.6 Å². The normalized spacial score (nSPS) is 27.4. The maximum Gasteiger partial charge on any atom is 0.167 e. The number of aliphatic hydroxyl groups excluding tert-OH is 6. The topological polar surface area (TPSA) is 251 Å². The molecule has 0 spiro atoms. The van der Waals surface area contributed by atoms with Crippen LogP contribution < -0.4 is 10.6 Å². The Morgan fingerprint density at radius 1 is 0.620 bits per heavy atom. The van der Waals surface area contributed by atoms with E-state index in [1.807, 2.05) is 0 Å². The highest BCUT2D eigenvalue weighted by Crippen LogP contribution is 2.34. The van der Waals surface area contributed by atoms with Crippen molar-refractivity contribution in [2.75, 3.05) is 23.8 Å². The second-order valence-corrected chi connectivity index (χ2v) is 13.0. The van der Waals surface area contributed by atoms with Crippen molar-refractivity contribution in [1.29, 1.82) is 0 Å². The van der Waals surface area contributed by atoms with Crippen LogP contribution >= 0.6 is 0 Å². The van der Waals surface area contributed by atoms with Crippen molar-refractivity contribution in [3.05, 3.63) is 25.3 Å². The Morgan fingerprint density at radius 3 is 1.48 bits per heavy atom. The minimum atomic E-state index is -1.30. The average molecular weight is 701 g/mol. The SMILES string of the molecule is CCCCCCCCCCCC(Nc1ncnc2c1ncn2[C@@H]1O[C@H](CO)C(O)C1O)Nc1ncnc2c1ncn2[C@@H]1O[C@H](CO)C(O)C1O. The van der Waals surface area contributed by atoms with Gasteiger partial charge in [-0.1, -0.05) is 58.3 Å². The molecule has 4 aromatic rings. The van der Waals surface area contributed by atoms with Crippen molar-refractivity contribution in [1.82, 2.24) is 39.0 Å². The summed E-state index contributed by atoms with van der Waals surface area (Å²) in [5.74, 6) is 0.826. The molecule has 2 aliphatic rings. The van der Waals surface area contributed by atoms with Crippen molar-refractivity contribution in [2.24, 2.45) is 0 Å². The summed E-state index contributed by atoms with van der Waals surface area (Å²) in [7, 11) is 0. The molecule has 0 amide bonds. The fraction of sp³-hybridized carbons (Fsp3) is 0.688. The van der Waals surface area contributed by atoms with Crippen molar-refractivity contribution >= 4 is 34.0 Å². The molecular formula is C32H48N10O8. The van der Waals surface area contributed by atoms with Crippen LogP contribution in [0.15, 0.2) is 25.3 Å². The van der Waals surface area contributed by atoms with Crippen LogP contribution in [0.3, 0.4) is 0 Å². The van der Waals surface area contributed by atoms with E-state index in [0.717, 1.165) is 19.3 Å². The zero-order valence-electron chi connectivity index (χ0n) is 28.1. The van der Waals surface area contributed by atoms with E-state index in [2.05, 4.69) is 47.5 Å². The maximum absolute atomic E-state index is 10.6. The first-order chi connectivity index (χ1) is 24.4. The third kappa shape index (κ3) is 7.52. The van der Waals surface area contributed by atoms with Gasteiger partial charge >= 0.3 is 0 Å². The van der Waals surface area contributed by atoms with Crippen LogP contribution in [0.2, 0.25) is 0 Å². The van der Waals surface area contributed by atoms with Gasteiger partial charge in [0.25, 0.3) is 0 Å². The second kappa shape index (κ2) is 16.6. The molecule has 2 aliphatic heterocycles. The molecule has 4 aromatic heterocycles. The first-order valence-electron chi connectivity index (χ1n) is 17.5. The van der Waals surface area contributed by atoms with Gasteiger partial charge in [0, 0.05) is 0 Å². The Hall–Kier alpha value is -3.62. The molecule has 50 heavy (non-hydrogen) atoms. The lowest BCUT2D eigenvalue weighted by Crippen LogP contribution is -2.33. The van der Waals surface area contributed by atoms with Gasteiger partial charge in [0.2, 0.25) is 0 Å². The summed E-state index contributed by atoms with van der Waals surface area (Å²) in [5.41, 5.74) is 1.54. The van der Waals surface area contributed by atoms with E-state index in [-0.39, 0.29) is 0 Å². The lowest BCUT2D eigenvalue weighted by Gasteiger charge is -2.22. The van der Waals surface area contributed by atoms with Crippen molar-refractivity contribution in [2.45, 2.75) is 126 Å². The zero-order valence-corrected chi connectivity index (χ0v) is 28.1. The standard InChI is InChI=1S/C32H48N10O8/c1-2-3-4-5-6-7-8-9-10-11-20(39-27-21-29(35-14-33-27)41(16-37-21)31-25(47)23(45)18(12-43)49-31)40-28-22-30(36-15-34-28)42(17-38-22)32-26(48)24(46)19(13-44)50-32/h14-20,23-26,31-32,43-48H,2-13H2,1H3,(H,33,35,39)(H,34,36,40)/t18-,19-,20?,23?,24?,25?,26?,31-,32-/m1/s1. The van der Waals surface area contributed by atoms with Crippen LogP contribution in [0, 0.1) is 0 Å². The number of nitrogens with zero attached hydrogens (tertiary/aromatic N) is 8. The molecule has 18 heteroatoms. The van der Waals surface area contributed by atoms with Crippen LogP contribution in [0.5, 0.6) is 0 Å². The van der Waals surface area contributed by atoms with Gasteiger partial charge in [-0.05, 0) is 12.8 Å². The first kappa shape index (κ1) is 36.2. The summed E-state index contributed by atoms with van der Waals surface area (Å²) >= 11 is 0. The minimum Gasteiger partial charge on any atom is -0.394 e. The highest BCUT2D eigenvalue weighted by molar-refractivity contribution is 5.84. The number of rotatable bonds is 18. The van der Waals surface area contributed by atoms with Gasteiger partial charge in [-0.2, -0.15) is 0 Å². The summed E-state index contributed by atoms with van der Waals surface area (Å²) in [4.78, 5) is 26.7. The van der Waals surface area contributed by atoms with Gasteiger partial charge in [-0.25, -0.2) is 29.9 Å². The molecule has 6 heterocycles. The van der Waals surface area contributed by atoms with Crippen molar-refractivity contribution in [3.63, 3.8) is 0 Å². The van der Waals surface area contributed by atoms with Gasteiger partial charge in [0.05, 0.1) is 32.0 Å². The maximum atomic E-state index is 10.6. The van der Waals surface area contributed by atoms with E-state index in [1.54, 1.807) is 0 Å². The summed E-state index contributed by atoms with van der Waals surface area (Å²) in [5, 5.41) is 67.9. The minimum absolute atomic E-state index is 0.362. The molecule has 18 nitrogen and oxygen atoms in total. The molecule has 0 aromatic carbocycles. The largest absolute Gasteiger partial charge is 0.394 e. The van der Waals surface area contributed by atoms with Crippen LogP contribution in [0.25, 0.3) is 22.3 Å². The molecule has 0 radical (unpaired) electrons. The number of unbranched alkanes of at least 4 members (excludes halogenated alkanes) is 8. The van der Waals surface area contributed by atoms with E-state index in [0.29, 0.717) is 40.4 Å². The average Bonchev–Trinajstić information content (AvgIpc) is 3.89. The van der Waals surface area contributed by atoms with Crippen LogP contribution in [0.4, 0.5) is 11.6 Å². The number of anilines is 2. The third-order valence-corrected chi connectivity index (χ3v) is 9.52. The summed E-state index contributed by atoms with van der Waals surface area (Å²) in [6.07, 6.45) is 7.36. The number of aromatic nitrogens is 8. The van der Waals surface area contributed by atoms with E-state index < -0.39 is 68.5 Å². The predicted molar refractivity (Wildman–Crippen MR) is 180 cm³/mol. The fourth-order valence-corrected chi connectivity index (χ4v) is 6.68. The summed E-state index contributed by atoms with van der Waals surface area (Å²) < 4.78 is 14.4. The Labute approximate surface area is 288 Å². The van der Waals surface area contributed by atoms with Crippen molar-refractivity contribution < 1.29 is 40.1 Å². The van der Waals surface area contributed by atoms with Gasteiger partial charge in [0.1, 0.15) is 49.3 Å². The zero-order chi connectivity index (χ0) is 35.2. The van der Waals surface area contributed by atoms with Crippen LogP contribution in [-0.4, -0.2) is 126 Å². The number of ether oxygens (including phenoxy) is 2. The molecule has 0 bridgehead atoms. The molecule has 2 fully saturated rings. The van der Waals surface area contributed by atoms with Gasteiger partial charge in [-0.3, -0.25) is 9.13 Å². The quantitative estimate of drug-likeness (QED) is 0.0532. The molecular weight excluding hydrogens is 652 g/mol. The first-order valence-corrected chi connectivity index (χ1v) is 17.5. The molecule has 6 rings (SSSR count). The monoisotopic (exact) mass is 700 g/mol. The van der Waals surface area contributed by atoms with Crippen molar-refractivity contribution in [3.8, 4) is 0 Å². The second-order valence-electron chi connectivity index (χ2n) is 13.0. The van der Waals surface area contributed by atoms with E-state index >= 15 is 0 Å². The Bertz CT molecular complexity index is 1560. The number of hydrogen-bond donors (Lipinski definition) is 8. The highest BCUT2D eigenvalue weighted by Gasteiger charge is 2.45. The third-order valence-electron chi connectivity index (χ3n) is 9.52. The Kier molecular flexibility index (Phi) is 12.0. The predicted octanol–water partition coefficient (Wildman–Crippen LogP) is 0.960. The van der Waals surface area contributed by atoms with Gasteiger partial charge in [-0.15, -0.1) is 0 Å². The molecule has 0 aliphatic carbocycles. The molecule has 8 atom stereocenters. The number of aliphatic hydroxyl groups is 6. The molecule has 8 N–H and O–H groups in total. The van der Waals surface area contributed by atoms with Gasteiger partial charge < -0.3 is 50.7 Å². The number of fused-ring (bicyclic) bond motifs is 2. The lowest BCUT2D eigenvalue weighted by molar-refractivity contribution is -0.0511. The molecule has 2 saturated heterocycles. The molecule has 0 saturated carbocycles. The highest BCUT2D eigenvalue weighted by atomic mass is 16.6. The summed E-state index contributed by atoms with van der Waals surface area (Å²) in [6.45, 7) is 1.31. The Balaban J connectivity index is 1.21. The fourth-order valence-electron chi connectivity index (χ4n) is 6.68. The Morgan fingerprint density at radius 2 is 1.06 bits per heavy atom. The van der Waals surface area contributed by atoms with Gasteiger partial charge in [0.15, 0.2) is 46.4 Å². The number of nitrogens with one attached hydrogen (secondary N) is 2. The van der Waals surface area contributed by atoms with Crippen LogP contribution in [-0.2, 0) is 9.47 Å². The number of hydrogen-bond acceptors (Lipinski definition) is 16. The summed E-state index contributed by atoms with van der Waals surface area (Å²) in [6, 6.07) is 0.